The van der Waals surface area contributed by atoms with Crippen molar-refractivity contribution in [3.8, 4) is 0 Å². The van der Waals surface area contributed by atoms with Crippen LogP contribution in [0.1, 0.15) is 18.1 Å². The van der Waals surface area contributed by atoms with Crippen LogP contribution in [0.4, 0.5) is 0 Å². The largest absolute Gasteiger partial charge is 0.464 e. The predicted octanol–water partition coefficient (Wildman–Crippen LogP) is 1.65. The third-order valence-corrected chi connectivity index (χ3v) is 4.49. The maximum atomic E-state index is 12.7. The van der Waals surface area contributed by atoms with Crippen LogP contribution in [0.5, 0.6) is 0 Å². The van der Waals surface area contributed by atoms with Gasteiger partial charge in [-0.2, -0.15) is 0 Å². The number of carbonyl (C=O) groups is 2. The number of nitrogens with zero attached hydrogens (tertiary/aromatic N) is 1. The van der Waals surface area contributed by atoms with E-state index in [4.69, 9.17) is 9.15 Å². The first-order chi connectivity index (χ1) is 11.4. The number of benzene rings is 1. The molecule has 1 fully saturated rings. The van der Waals surface area contributed by atoms with Gasteiger partial charge in [-0.1, -0.05) is 12.1 Å². The highest BCUT2D eigenvalue weighted by Crippen LogP contribution is 2.24. The molecule has 2 heterocycles. The molecule has 2 amide bonds. The molecule has 1 aromatic carbocycles. The number of ether oxygens (including phenoxy) is 1. The summed E-state index contributed by atoms with van der Waals surface area (Å²) in [7, 11) is 1.57. The minimum Gasteiger partial charge on any atom is -0.464 e. The van der Waals surface area contributed by atoms with Crippen LogP contribution in [0.3, 0.4) is 0 Å². The van der Waals surface area contributed by atoms with Crippen molar-refractivity contribution >= 4 is 22.8 Å². The third kappa shape index (κ3) is 3.01. The van der Waals surface area contributed by atoms with Crippen LogP contribution < -0.4 is 5.32 Å². The van der Waals surface area contributed by atoms with Crippen molar-refractivity contribution in [3.63, 3.8) is 0 Å². The summed E-state index contributed by atoms with van der Waals surface area (Å²) in [6.45, 7) is 4.79. The maximum absolute atomic E-state index is 12.7. The van der Waals surface area contributed by atoms with Gasteiger partial charge in [0.25, 0.3) is 5.91 Å². The minimum atomic E-state index is -1.00. The zero-order valence-electron chi connectivity index (χ0n) is 14.2. The maximum Gasteiger partial charge on any atom is 0.253 e. The molecule has 0 aliphatic carbocycles. The van der Waals surface area contributed by atoms with Gasteiger partial charge < -0.3 is 19.4 Å². The fourth-order valence-electron chi connectivity index (χ4n) is 3.09. The van der Waals surface area contributed by atoms with Crippen molar-refractivity contribution in [2.24, 2.45) is 0 Å². The van der Waals surface area contributed by atoms with Crippen LogP contribution in [0, 0.1) is 6.92 Å². The molecule has 24 heavy (non-hydrogen) atoms. The highest BCUT2D eigenvalue weighted by atomic mass is 16.5. The normalized spacial score (nSPS) is 21.0. The van der Waals surface area contributed by atoms with Crippen LogP contribution in [0.2, 0.25) is 0 Å². The number of morpholine rings is 1. The van der Waals surface area contributed by atoms with E-state index in [1.807, 2.05) is 25.1 Å². The van der Waals surface area contributed by atoms with Crippen LogP contribution in [0.25, 0.3) is 11.0 Å². The summed E-state index contributed by atoms with van der Waals surface area (Å²) in [6, 6.07) is 5.94. The zero-order chi connectivity index (χ0) is 17.3. The summed E-state index contributed by atoms with van der Waals surface area (Å²) in [6.07, 6.45) is 1.89. The molecule has 0 saturated carbocycles. The summed E-state index contributed by atoms with van der Waals surface area (Å²) in [5.41, 5.74) is 1.76. The summed E-state index contributed by atoms with van der Waals surface area (Å²) >= 11 is 0. The number of rotatable bonds is 3. The Hall–Kier alpha value is -2.34. The van der Waals surface area contributed by atoms with Crippen LogP contribution in [0.15, 0.2) is 28.9 Å². The van der Waals surface area contributed by atoms with Crippen molar-refractivity contribution in [2.75, 3.05) is 26.7 Å². The molecule has 1 aliphatic rings. The number of likely N-dealkylation sites (N-methyl/N-ethyl adjacent to an activating group) is 1. The molecular weight excluding hydrogens is 308 g/mol. The second-order valence-electron chi connectivity index (χ2n) is 6.41. The van der Waals surface area contributed by atoms with Gasteiger partial charge in [0, 0.05) is 24.5 Å². The Bertz CT molecular complexity index is 782. The lowest BCUT2D eigenvalue weighted by molar-refractivity contribution is -0.162. The van der Waals surface area contributed by atoms with Gasteiger partial charge in [0.2, 0.25) is 5.91 Å². The van der Waals surface area contributed by atoms with Crippen molar-refractivity contribution in [2.45, 2.75) is 25.9 Å². The molecule has 0 spiro atoms. The Labute approximate surface area is 140 Å². The first-order valence-corrected chi connectivity index (χ1v) is 8.03. The summed E-state index contributed by atoms with van der Waals surface area (Å²) < 4.78 is 11.1. The smallest absolute Gasteiger partial charge is 0.253 e. The monoisotopic (exact) mass is 330 g/mol. The zero-order valence-corrected chi connectivity index (χ0v) is 14.2. The van der Waals surface area contributed by atoms with Crippen molar-refractivity contribution in [1.29, 1.82) is 0 Å². The molecule has 0 radical (unpaired) electrons. The van der Waals surface area contributed by atoms with E-state index < -0.39 is 5.60 Å². The van der Waals surface area contributed by atoms with Crippen LogP contribution in [-0.2, 0) is 20.7 Å². The van der Waals surface area contributed by atoms with Gasteiger partial charge in [-0.3, -0.25) is 9.59 Å². The lowest BCUT2D eigenvalue weighted by atomic mass is 10.0. The summed E-state index contributed by atoms with van der Waals surface area (Å²) in [5, 5.41) is 3.55. The van der Waals surface area contributed by atoms with Gasteiger partial charge in [0.1, 0.15) is 5.58 Å². The van der Waals surface area contributed by atoms with E-state index in [1.54, 1.807) is 25.1 Å². The van der Waals surface area contributed by atoms with E-state index in [0.29, 0.717) is 13.2 Å². The summed E-state index contributed by atoms with van der Waals surface area (Å²) in [4.78, 5) is 26.3. The van der Waals surface area contributed by atoms with Crippen molar-refractivity contribution in [3.05, 3.63) is 35.6 Å². The summed E-state index contributed by atoms with van der Waals surface area (Å²) in [5.74, 6) is -0.249. The Kier molecular flexibility index (Phi) is 4.32. The highest BCUT2D eigenvalue weighted by molar-refractivity contribution is 5.89. The number of aryl methyl sites for hydroxylation is 1. The van der Waals surface area contributed by atoms with Gasteiger partial charge in [0.15, 0.2) is 5.60 Å². The van der Waals surface area contributed by atoms with Gasteiger partial charge in [-0.05, 0) is 25.5 Å². The number of carbonyl (C=O) groups excluding carboxylic acids is 2. The van der Waals surface area contributed by atoms with Crippen LogP contribution >= 0.6 is 0 Å². The first-order valence-electron chi connectivity index (χ1n) is 8.03. The molecule has 6 heteroatoms. The fraction of sp³-hybridized carbons (Fsp3) is 0.444. The van der Waals surface area contributed by atoms with E-state index >= 15 is 0 Å². The van der Waals surface area contributed by atoms with E-state index in [9.17, 15) is 9.59 Å². The predicted molar refractivity (Wildman–Crippen MR) is 89.7 cm³/mol. The standard InChI is InChI=1S/C18H22N2O4/c1-12-4-5-14-13(10-23-15(14)8-12)9-16(21)20-6-7-24-18(2,11-20)17(22)19-3/h4-5,8,10H,6-7,9,11H2,1-3H3,(H,19,22)/t18-/m0/s1. The second-order valence-corrected chi connectivity index (χ2v) is 6.41. The minimum absolute atomic E-state index is 0.0308. The third-order valence-electron chi connectivity index (χ3n) is 4.49. The SMILES string of the molecule is CNC(=O)[C@]1(C)CN(C(=O)Cc2coc3cc(C)ccc23)CCO1. The number of amides is 2. The van der Waals surface area contributed by atoms with Gasteiger partial charge in [0.05, 0.1) is 25.8 Å². The number of nitrogens with one attached hydrogen (secondary N) is 1. The number of furan rings is 1. The highest BCUT2D eigenvalue weighted by Gasteiger charge is 2.40. The van der Waals surface area contributed by atoms with E-state index in [1.165, 1.54) is 0 Å². The van der Waals surface area contributed by atoms with Crippen molar-refractivity contribution < 1.29 is 18.7 Å². The Balaban J connectivity index is 1.75. The molecule has 128 valence electrons. The molecule has 1 saturated heterocycles. The van der Waals surface area contributed by atoms with Crippen molar-refractivity contribution in [1.82, 2.24) is 10.2 Å². The van der Waals surface area contributed by atoms with Gasteiger partial charge in [-0.25, -0.2) is 0 Å². The number of fused-ring (bicyclic) bond motifs is 1. The van der Waals surface area contributed by atoms with E-state index in [2.05, 4.69) is 5.32 Å². The second kappa shape index (κ2) is 6.28. The van der Waals surface area contributed by atoms with E-state index in [-0.39, 0.29) is 24.8 Å². The average Bonchev–Trinajstić information content (AvgIpc) is 2.96. The van der Waals surface area contributed by atoms with Gasteiger partial charge >= 0.3 is 0 Å². The Morgan fingerprint density at radius 2 is 2.17 bits per heavy atom. The molecule has 1 atom stereocenters. The molecule has 1 aromatic heterocycles. The Morgan fingerprint density at radius 3 is 2.92 bits per heavy atom. The van der Waals surface area contributed by atoms with Crippen LogP contribution in [-0.4, -0.2) is 49.1 Å². The molecule has 0 unspecified atom stereocenters. The molecule has 2 aromatic rings. The topological polar surface area (TPSA) is 71.8 Å². The van der Waals surface area contributed by atoms with Gasteiger partial charge in [-0.15, -0.1) is 0 Å². The molecule has 3 rings (SSSR count). The molecule has 1 aliphatic heterocycles. The number of hydrogen-bond donors (Lipinski definition) is 1. The van der Waals surface area contributed by atoms with E-state index in [0.717, 1.165) is 22.1 Å². The fourth-order valence-corrected chi connectivity index (χ4v) is 3.09. The molecule has 1 N–H and O–H groups in total. The number of hydrogen-bond acceptors (Lipinski definition) is 4. The lowest BCUT2D eigenvalue weighted by Crippen LogP contribution is -2.59. The lowest BCUT2D eigenvalue weighted by Gasteiger charge is -2.39. The first kappa shape index (κ1) is 16.5. The average molecular weight is 330 g/mol. The quantitative estimate of drug-likeness (QED) is 0.929. The molecule has 6 nitrogen and oxygen atoms in total. The Morgan fingerprint density at radius 1 is 1.38 bits per heavy atom. The molecule has 0 bridgehead atoms. The molecular formula is C18H22N2O4.